The fraction of sp³-hybridized carbons (Fsp3) is 0.357. The second-order valence-corrected chi connectivity index (χ2v) is 6.86. The normalized spacial score (nSPS) is 12.3. The summed E-state index contributed by atoms with van der Waals surface area (Å²) in [5.41, 5.74) is 1.48. The van der Waals surface area contributed by atoms with Crippen molar-refractivity contribution in [2.24, 2.45) is 0 Å². The van der Waals surface area contributed by atoms with Gasteiger partial charge in [0.15, 0.2) is 0 Å². The lowest BCUT2D eigenvalue weighted by molar-refractivity contribution is -0.134. The number of nitrogens with one attached hydrogen (secondary N) is 1. The van der Waals surface area contributed by atoms with Crippen LogP contribution in [0.15, 0.2) is 34.9 Å². The first-order chi connectivity index (χ1) is 10.6. The largest absolute Gasteiger partial charge is 0.444 e. The SMILES string of the molecule is Cc1coc(-c2cccc(NS(=O)(=O)CCCC(F)(F)F)c2)n1. The molecule has 0 fully saturated rings. The molecular formula is C14H15F3N2O3S. The van der Waals surface area contributed by atoms with E-state index in [0.29, 0.717) is 17.1 Å². The number of alkyl halides is 3. The summed E-state index contributed by atoms with van der Waals surface area (Å²) in [7, 11) is -3.85. The predicted octanol–water partition coefficient (Wildman–Crippen LogP) is 3.73. The smallest absolute Gasteiger partial charge is 0.389 e. The first-order valence-electron chi connectivity index (χ1n) is 6.74. The Morgan fingerprint density at radius 1 is 1.30 bits per heavy atom. The van der Waals surface area contributed by atoms with Gasteiger partial charge in [-0.15, -0.1) is 0 Å². The molecule has 9 heteroatoms. The van der Waals surface area contributed by atoms with Crippen LogP contribution in [0.2, 0.25) is 0 Å². The Bertz CT molecular complexity index is 770. The van der Waals surface area contributed by atoms with E-state index in [-0.39, 0.29) is 5.69 Å². The molecule has 0 amide bonds. The molecule has 5 nitrogen and oxygen atoms in total. The molecule has 0 radical (unpaired) electrons. The zero-order chi connectivity index (χ0) is 17.1. The molecule has 23 heavy (non-hydrogen) atoms. The standard InChI is InChI=1S/C14H15F3N2O3S/c1-10-9-22-13(18-10)11-4-2-5-12(8-11)19-23(20,21)7-3-6-14(15,16)17/h2,4-5,8-9,19H,3,6-7H2,1H3. The summed E-state index contributed by atoms with van der Waals surface area (Å²) in [5, 5.41) is 0. The summed E-state index contributed by atoms with van der Waals surface area (Å²) in [5.74, 6) is -0.268. The maximum atomic E-state index is 12.1. The van der Waals surface area contributed by atoms with E-state index >= 15 is 0 Å². The molecule has 1 heterocycles. The number of benzene rings is 1. The van der Waals surface area contributed by atoms with E-state index in [9.17, 15) is 21.6 Å². The third-order valence-corrected chi connectivity index (χ3v) is 4.25. The van der Waals surface area contributed by atoms with Crippen LogP contribution in [0.3, 0.4) is 0 Å². The maximum Gasteiger partial charge on any atom is 0.389 e. The zero-order valence-corrected chi connectivity index (χ0v) is 13.0. The molecule has 2 aromatic rings. The Balaban J connectivity index is 2.05. The number of hydrogen-bond acceptors (Lipinski definition) is 4. The molecule has 0 saturated carbocycles. The van der Waals surface area contributed by atoms with Crippen molar-refractivity contribution in [3.05, 3.63) is 36.2 Å². The molecule has 1 N–H and O–H groups in total. The monoisotopic (exact) mass is 348 g/mol. The van der Waals surface area contributed by atoms with Gasteiger partial charge in [0.2, 0.25) is 15.9 Å². The van der Waals surface area contributed by atoms with E-state index in [2.05, 4.69) is 9.71 Å². The highest BCUT2D eigenvalue weighted by Crippen LogP contribution is 2.24. The minimum absolute atomic E-state index is 0.241. The molecule has 0 saturated heterocycles. The summed E-state index contributed by atoms with van der Waals surface area (Å²) in [4.78, 5) is 4.13. The van der Waals surface area contributed by atoms with Gasteiger partial charge in [0, 0.05) is 17.7 Å². The number of hydrogen-bond donors (Lipinski definition) is 1. The molecule has 0 atom stereocenters. The van der Waals surface area contributed by atoms with Crippen LogP contribution in [0.1, 0.15) is 18.5 Å². The van der Waals surface area contributed by atoms with Crippen LogP contribution < -0.4 is 4.72 Å². The number of oxazole rings is 1. The number of aryl methyl sites for hydroxylation is 1. The minimum Gasteiger partial charge on any atom is -0.444 e. The fourth-order valence-corrected chi connectivity index (χ4v) is 3.01. The lowest BCUT2D eigenvalue weighted by Crippen LogP contribution is -2.18. The van der Waals surface area contributed by atoms with E-state index in [1.54, 1.807) is 19.1 Å². The van der Waals surface area contributed by atoms with E-state index in [0.717, 1.165) is 0 Å². The summed E-state index contributed by atoms with van der Waals surface area (Å²) < 4.78 is 67.3. The van der Waals surface area contributed by atoms with E-state index in [4.69, 9.17) is 4.42 Å². The molecule has 126 valence electrons. The lowest BCUT2D eigenvalue weighted by Gasteiger charge is -2.09. The molecule has 0 aliphatic rings. The van der Waals surface area contributed by atoms with Crippen LogP contribution in [0.4, 0.5) is 18.9 Å². The van der Waals surface area contributed by atoms with Crippen LogP contribution in [-0.4, -0.2) is 25.3 Å². The fourth-order valence-electron chi connectivity index (χ4n) is 1.90. The van der Waals surface area contributed by atoms with Crippen molar-refractivity contribution in [1.82, 2.24) is 4.98 Å². The van der Waals surface area contributed by atoms with Crippen molar-refractivity contribution >= 4 is 15.7 Å². The van der Waals surface area contributed by atoms with E-state index < -0.39 is 34.8 Å². The molecule has 0 aliphatic carbocycles. The van der Waals surface area contributed by atoms with Gasteiger partial charge in [0.25, 0.3) is 0 Å². The number of rotatable bonds is 6. The Morgan fingerprint density at radius 2 is 2.04 bits per heavy atom. The zero-order valence-electron chi connectivity index (χ0n) is 12.2. The summed E-state index contributed by atoms with van der Waals surface area (Å²) in [6.45, 7) is 1.75. The van der Waals surface area contributed by atoms with E-state index in [1.807, 2.05) is 0 Å². The average Bonchev–Trinajstić information content (AvgIpc) is 2.83. The minimum atomic E-state index is -4.36. The Labute approximate surface area is 131 Å². The Kier molecular flexibility index (Phi) is 4.98. The molecular weight excluding hydrogens is 333 g/mol. The van der Waals surface area contributed by atoms with Crippen molar-refractivity contribution in [1.29, 1.82) is 0 Å². The van der Waals surface area contributed by atoms with Gasteiger partial charge in [-0.05, 0) is 31.5 Å². The van der Waals surface area contributed by atoms with Crippen molar-refractivity contribution in [2.75, 3.05) is 10.5 Å². The Morgan fingerprint density at radius 3 is 2.65 bits per heavy atom. The molecule has 1 aromatic carbocycles. The van der Waals surface area contributed by atoms with Gasteiger partial charge in [-0.1, -0.05) is 6.07 Å². The van der Waals surface area contributed by atoms with E-state index in [1.165, 1.54) is 18.4 Å². The number of anilines is 1. The molecule has 1 aromatic heterocycles. The number of nitrogens with zero attached hydrogens (tertiary/aromatic N) is 1. The van der Waals surface area contributed by atoms with Crippen LogP contribution in [0.25, 0.3) is 11.5 Å². The van der Waals surface area contributed by atoms with Gasteiger partial charge in [0.05, 0.1) is 11.4 Å². The van der Waals surface area contributed by atoms with Crippen LogP contribution in [0.5, 0.6) is 0 Å². The summed E-state index contributed by atoms with van der Waals surface area (Å²) in [6.07, 6.45) is -4.53. The quantitative estimate of drug-likeness (QED) is 0.863. The van der Waals surface area contributed by atoms with Crippen molar-refractivity contribution in [3.63, 3.8) is 0 Å². The topological polar surface area (TPSA) is 72.2 Å². The van der Waals surface area contributed by atoms with Crippen molar-refractivity contribution < 1.29 is 26.0 Å². The van der Waals surface area contributed by atoms with Crippen LogP contribution in [0, 0.1) is 6.92 Å². The first kappa shape index (κ1) is 17.3. The molecule has 0 unspecified atom stereocenters. The van der Waals surface area contributed by atoms with Gasteiger partial charge < -0.3 is 4.42 Å². The second kappa shape index (κ2) is 6.61. The highest BCUT2D eigenvalue weighted by atomic mass is 32.2. The highest BCUT2D eigenvalue weighted by Gasteiger charge is 2.27. The lowest BCUT2D eigenvalue weighted by atomic mass is 10.2. The van der Waals surface area contributed by atoms with Gasteiger partial charge in [-0.3, -0.25) is 4.72 Å². The van der Waals surface area contributed by atoms with Crippen LogP contribution >= 0.6 is 0 Å². The summed E-state index contributed by atoms with van der Waals surface area (Å²) in [6, 6.07) is 6.29. The Hall–Kier alpha value is -2.03. The third kappa shape index (κ3) is 5.59. The summed E-state index contributed by atoms with van der Waals surface area (Å²) >= 11 is 0. The number of sulfonamides is 1. The van der Waals surface area contributed by atoms with Crippen molar-refractivity contribution in [3.8, 4) is 11.5 Å². The molecule has 0 spiro atoms. The maximum absolute atomic E-state index is 12.1. The molecule has 0 bridgehead atoms. The second-order valence-electron chi connectivity index (χ2n) is 5.01. The van der Waals surface area contributed by atoms with Crippen molar-refractivity contribution in [2.45, 2.75) is 25.9 Å². The first-order valence-corrected chi connectivity index (χ1v) is 8.40. The molecule has 0 aliphatic heterocycles. The third-order valence-electron chi connectivity index (χ3n) is 2.88. The highest BCUT2D eigenvalue weighted by molar-refractivity contribution is 7.92. The molecule has 2 rings (SSSR count). The van der Waals surface area contributed by atoms with Gasteiger partial charge in [-0.2, -0.15) is 13.2 Å². The predicted molar refractivity (Wildman–Crippen MR) is 79.4 cm³/mol. The average molecular weight is 348 g/mol. The number of aromatic nitrogens is 1. The van der Waals surface area contributed by atoms with Gasteiger partial charge in [-0.25, -0.2) is 13.4 Å². The van der Waals surface area contributed by atoms with Crippen LogP contribution in [-0.2, 0) is 10.0 Å². The number of halogens is 3. The van der Waals surface area contributed by atoms with Gasteiger partial charge in [0.1, 0.15) is 6.26 Å². The van der Waals surface area contributed by atoms with Gasteiger partial charge >= 0.3 is 6.18 Å².